The Morgan fingerprint density at radius 2 is 2.05 bits per heavy atom. The van der Waals surface area contributed by atoms with Crippen LogP contribution >= 0.6 is 0 Å². The molecular weight excluding hydrogens is 269 g/mol. The number of hydrogen-bond acceptors (Lipinski definition) is 3. The van der Waals surface area contributed by atoms with Gasteiger partial charge in [-0.1, -0.05) is 24.3 Å². The molecule has 0 radical (unpaired) electrons. The zero-order chi connectivity index (χ0) is 14.7. The van der Waals surface area contributed by atoms with Crippen molar-refractivity contribution >= 4 is 16.7 Å². The number of anilines is 1. The number of rotatable bonds is 5. The van der Waals surface area contributed by atoms with E-state index in [0.29, 0.717) is 12.2 Å². The van der Waals surface area contributed by atoms with Crippen LogP contribution in [0.1, 0.15) is 5.56 Å². The van der Waals surface area contributed by atoms with Crippen molar-refractivity contribution in [1.29, 1.82) is 0 Å². The Bertz CT molecular complexity index is 741. The number of aliphatic hydroxyl groups excluding tert-OH is 1. The molecule has 2 aromatic heterocycles. The number of nitrogens with one attached hydrogen (secondary N) is 2. The van der Waals surface area contributed by atoms with Gasteiger partial charge in [0.1, 0.15) is 5.82 Å². The van der Waals surface area contributed by atoms with Crippen molar-refractivity contribution < 1.29 is 9.50 Å². The van der Waals surface area contributed by atoms with E-state index in [1.807, 2.05) is 30.5 Å². The SMILES string of the molecule is OC[C@@H](Cc1c[nH]c2ccccc12)Nc1cccc(F)n1. The molecular formula is C16H16FN3O. The van der Waals surface area contributed by atoms with Crippen LogP contribution in [0.2, 0.25) is 0 Å². The Morgan fingerprint density at radius 1 is 1.19 bits per heavy atom. The van der Waals surface area contributed by atoms with Crippen molar-refractivity contribution in [2.45, 2.75) is 12.5 Å². The van der Waals surface area contributed by atoms with Crippen LogP contribution in [0.25, 0.3) is 10.9 Å². The highest BCUT2D eigenvalue weighted by molar-refractivity contribution is 5.83. The first kappa shape index (κ1) is 13.6. The average Bonchev–Trinajstić information content (AvgIpc) is 2.90. The molecule has 0 amide bonds. The fraction of sp³-hybridized carbons (Fsp3) is 0.188. The van der Waals surface area contributed by atoms with Crippen LogP contribution in [-0.4, -0.2) is 27.7 Å². The number of para-hydroxylation sites is 1. The molecule has 3 aromatic rings. The molecule has 1 aromatic carbocycles. The molecule has 0 spiro atoms. The monoisotopic (exact) mass is 285 g/mol. The summed E-state index contributed by atoms with van der Waals surface area (Å²) >= 11 is 0. The van der Waals surface area contributed by atoms with Gasteiger partial charge in [0.05, 0.1) is 12.6 Å². The third-order valence-corrected chi connectivity index (χ3v) is 3.43. The smallest absolute Gasteiger partial charge is 0.214 e. The fourth-order valence-electron chi connectivity index (χ4n) is 2.42. The maximum Gasteiger partial charge on any atom is 0.214 e. The number of nitrogens with zero attached hydrogens (tertiary/aromatic N) is 1. The zero-order valence-corrected chi connectivity index (χ0v) is 11.4. The molecule has 5 heteroatoms. The van der Waals surface area contributed by atoms with Crippen LogP contribution < -0.4 is 5.32 Å². The minimum atomic E-state index is -0.538. The van der Waals surface area contributed by atoms with E-state index < -0.39 is 5.95 Å². The summed E-state index contributed by atoms with van der Waals surface area (Å²) in [5, 5.41) is 13.7. The lowest BCUT2D eigenvalue weighted by Gasteiger charge is -2.16. The van der Waals surface area contributed by atoms with Gasteiger partial charge in [-0.3, -0.25) is 0 Å². The summed E-state index contributed by atoms with van der Waals surface area (Å²) in [5.41, 5.74) is 2.17. The Kier molecular flexibility index (Phi) is 3.83. The lowest BCUT2D eigenvalue weighted by Crippen LogP contribution is -2.26. The molecule has 4 nitrogen and oxygen atoms in total. The highest BCUT2D eigenvalue weighted by Gasteiger charge is 2.12. The normalized spacial score (nSPS) is 12.5. The second-order valence-corrected chi connectivity index (χ2v) is 4.93. The van der Waals surface area contributed by atoms with Gasteiger partial charge >= 0.3 is 0 Å². The summed E-state index contributed by atoms with van der Waals surface area (Å²) in [6.07, 6.45) is 2.56. The van der Waals surface area contributed by atoms with Crippen LogP contribution in [0.4, 0.5) is 10.2 Å². The van der Waals surface area contributed by atoms with Gasteiger partial charge in [-0.25, -0.2) is 4.98 Å². The topological polar surface area (TPSA) is 60.9 Å². The van der Waals surface area contributed by atoms with E-state index in [1.165, 1.54) is 6.07 Å². The summed E-state index contributed by atoms with van der Waals surface area (Å²) in [6.45, 7) is -0.0578. The molecule has 0 aliphatic rings. The van der Waals surface area contributed by atoms with Crippen molar-refractivity contribution in [2.24, 2.45) is 0 Å². The Hall–Kier alpha value is -2.40. The zero-order valence-electron chi connectivity index (χ0n) is 11.4. The number of benzene rings is 1. The molecule has 108 valence electrons. The highest BCUT2D eigenvalue weighted by atomic mass is 19.1. The van der Waals surface area contributed by atoms with Gasteiger partial charge in [0.25, 0.3) is 0 Å². The lowest BCUT2D eigenvalue weighted by atomic mass is 10.1. The summed E-state index contributed by atoms with van der Waals surface area (Å²) in [7, 11) is 0. The summed E-state index contributed by atoms with van der Waals surface area (Å²) < 4.78 is 13.1. The molecule has 0 aliphatic heterocycles. The third-order valence-electron chi connectivity index (χ3n) is 3.43. The van der Waals surface area contributed by atoms with E-state index >= 15 is 0 Å². The quantitative estimate of drug-likeness (QED) is 0.632. The molecule has 0 fully saturated rings. The number of aromatic nitrogens is 2. The van der Waals surface area contributed by atoms with E-state index in [-0.39, 0.29) is 12.6 Å². The first-order valence-corrected chi connectivity index (χ1v) is 6.81. The molecule has 0 unspecified atom stereocenters. The third kappa shape index (κ3) is 3.03. The minimum Gasteiger partial charge on any atom is -0.394 e. The van der Waals surface area contributed by atoms with Gasteiger partial charge in [0.15, 0.2) is 0 Å². The van der Waals surface area contributed by atoms with Crippen molar-refractivity contribution in [3.8, 4) is 0 Å². The van der Waals surface area contributed by atoms with Crippen LogP contribution in [0, 0.1) is 5.95 Å². The second kappa shape index (κ2) is 5.93. The molecule has 0 saturated carbocycles. The minimum absolute atomic E-state index is 0.0578. The Balaban J connectivity index is 1.78. The summed E-state index contributed by atoms with van der Waals surface area (Å²) in [6, 6.07) is 12.3. The largest absolute Gasteiger partial charge is 0.394 e. The molecule has 21 heavy (non-hydrogen) atoms. The van der Waals surface area contributed by atoms with E-state index in [4.69, 9.17) is 0 Å². The number of hydrogen-bond donors (Lipinski definition) is 3. The number of pyridine rings is 1. The van der Waals surface area contributed by atoms with E-state index in [1.54, 1.807) is 12.1 Å². The number of H-pyrrole nitrogens is 1. The fourth-order valence-corrected chi connectivity index (χ4v) is 2.42. The molecule has 0 saturated heterocycles. The van der Waals surface area contributed by atoms with Crippen molar-refractivity contribution in [1.82, 2.24) is 9.97 Å². The lowest BCUT2D eigenvalue weighted by molar-refractivity contribution is 0.273. The number of halogens is 1. The summed E-state index contributed by atoms with van der Waals surface area (Å²) in [5.74, 6) is -0.113. The molecule has 2 heterocycles. The van der Waals surface area contributed by atoms with Crippen LogP contribution in [0.5, 0.6) is 0 Å². The molecule has 0 bridgehead atoms. The summed E-state index contributed by atoms with van der Waals surface area (Å²) in [4.78, 5) is 6.96. The first-order chi connectivity index (χ1) is 10.3. The number of aromatic amines is 1. The van der Waals surface area contributed by atoms with E-state index in [9.17, 15) is 9.50 Å². The van der Waals surface area contributed by atoms with Crippen LogP contribution in [0.3, 0.4) is 0 Å². The Labute approximate surface area is 121 Å². The van der Waals surface area contributed by atoms with Gasteiger partial charge in [0, 0.05) is 17.1 Å². The maximum atomic E-state index is 13.1. The molecule has 3 N–H and O–H groups in total. The van der Waals surface area contributed by atoms with Gasteiger partial charge in [0.2, 0.25) is 5.95 Å². The van der Waals surface area contributed by atoms with Crippen LogP contribution in [-0.2, 0) is 6.42 Å². The van der Waals surface area contributed by atoms with Crippen molar-refractivity contribution in [3.05, 3.63) is 60.2 Å². The highest BCUT2D eigenvalue weighted by Crippen LogP contribution is 2.20. The molecule has 1 atom stereocenters. The predicted octanol–water partition coefficient (Wildman–Crippen LogP) is 2.72. The van der Waals surface area contributed by atoms with Gasteiger partial charge < -0.3 is 15.4 Å². The van der Waals surface area contributed by atoms with Gasteiger partial charge in [-0.15, -0.1) is 0 Å². The first-order valence-electron chi connectivity index (χ1n) is 6.81. The average molecular weight is 285 g/mol. The number of aliphatic hydroxyl groups is 1. The Morgan fingerprint density at radius 3 is 2.86 bits per heavy atom. The molecule has 3 rings (SSSR count). The predicted molar refractivity (Wildman–Crippen MR) is 80.7 cm³/mol. The van der Waals surface area contributed by atoms with E-state index in [0.717, 1.165) is 16.5 Å². The maximum absolute atomic E-state index is 13.1. The molecule has 0 aliphatic carbocycles. The second-order valence-electron chi connectivity index (χ2n) is 4.93. The van der Waals surface area contributed by atoms with E-state index in [2.05, 4.69) is 15.3 Å². The van der Waals surface area contributed by atoms with Gasteiger partial charge in [-0.2, -0.15) is 4.39 Å². The number of fused-ring (bicyclic) bond motifs is 1. The van der Waals surface area contributed by atoms with Gasteiger partial charge in [-0.05, 0) is 30.2 Å². The standard InChI is InChI=1S/C16H16FN3O/c17-15-6-3-7-16(20-15)19-12(10-21)8-11-9-18-14-5-2-1-4-13(11)14/h1-7,9,12,18,21H,8,10H2,(H,19,20)/t12-/m1/s1. The van der Waals surface area contributed by atoms with Crippen molar-refractivity contribution in [3.63, 3.8) is 0 Å². The van der Waals surface area contributed by atoms with Crippen molar-refractivity contribution in [2.75, 3.05) is 11.9 Å². The van der Waals surface area contributed by atoms with Crippen LogP contribution in [0.15, 0.2) is 48.7 Å².